The van der Waals surface area contributed by atoms with Crippen molar-refractivity contribution < 1.29 is 9.59 Å². The Balaban J connectivity index is 2.00. The van der Waals surface area contributed by atoms with Crippen LogP contribution in [0.1, 0.15) is 26.2 Å². The summed E-state index contributed by atoms with van der Waals surface area (Å²) in [6.45, 7) is 3.06. The highest BCUT2D eigenvalue weighted by molar-refractivity contribution is 7.99. The van der Waals surface area contributed by atoms with E-state index in [1.165, 1.54) is 0 Å². The van der Waals surface area contributed by atoms with Gasteiger partial charge in [0, 0.05) is 25.3 Å². The first kappa shape index (κ1) is 14.3. The molecule has 0 spiro atoms. The number of nitrogens with zero attached hydrogens (tertiary/aromatic N) is 1. The molecule has 2 rings (SSSR count). The first-order valence-corrected chi connectivity index (χ1v) is 7.85. The van der Waals surface area contributed by atoms with Crippen LogP contribution in [0.4, 0.5) is 0 Å². The highest BCUT2D eigenvalue weighted by Crippen LogP contribution is 2.41. The zero-order valence-corrected chi connectivity index (χ0v) is 12.1. The van der Waals surface area contributed by atoms with Gasteiger partial charge < -0.3 is 10.2 Å². The molecule has 1 saturated heterocycles. The average Bonchev–Trinajstić information content (AvgIpc) is 3.20. The highest BCUT2D eigenvalue weighted by Gasteiger charge is 2.50. The third kappa shape index (κ3) is 3.24. The Morgan fingerprint density at radius 3 is 2.89 bits per heavy atom. The van der Waals surface area contributed by atoms with E-state index in [1.807, 2.05) is 11.8 Å². The van der Waals surface area contributed by atoms with Gasteiger partial charge in [-0.15, -0.1) is 18.2 Å². The van der Waals surface area contributed by atoms with Crippen molar-refractivity contribution in [2.75, 3.05) is 24.6 Å². The summed E-state index contributed by atoms with van der Waals surface area (Å²) < 4.78 is 0. The fraction of sp³-hybridized carbons (Fsp3) is 0.714. The van der Waals surface area contributed by atoms with Gasteiger partial charge in [0.15, 0.2) is 0 Å². The van der Waals surface area contributed by atoms with Gasteiger partial charge >= 0.3 is 0 Å². The van der Waals surface area contributed by atoms with Crippen LogP contribution in [0, 0.1) is 18.3 Å². The molecule has 1 saturated carbocycles. The van der Waals surface area contributed by atoms with Gasteiger partial charge in [0.05, 0.1) is 5.75 Å². The highest BCUT2D eigenvalue weighted by atomic mass is 32.2. The van der Waals surface area contributed by atoms with Gasteiger partial charge in [-0.2, -0.15) is 0 Å². The molecular formula is C14H20N2O2S. The Morgan fingerprint density at radius 2 is 2.26 bits per heavy atom. The Labute approximate surface area is 118 Å². The predicted octanol–water partition coefficient (Wildman–Crippen LogP) is 0.870. The van der Waals surface area contributed by atoms with Crippen LogP contribution in [0.15, 0.2) is 0 Å². The van der Waals surface area contributed by atoms with Crippen LogP contribution in [0.3, 0.4) is 0 Å². The van der Waals surface area contributed by atoms with E-state index in [0.29, 0.717) is 31.2 Å². The quantitative estimate of drug-likeness (QED) is 0.600. The van der Waals surface area contributed by atoms with Crippen molar-refractivity contribution in [3.8, 4) is 12.3 Å². The second-order valence-electron chi connectivity index (χ2n) is 5.32. The number of hydrogen-bond acceptors (Lipinski definition) is 3. The standard InChI is InChI=1S/C14H20N2O2S/c1-3-9-19-10-8-16-7-6-12(17)15-14(2,13(16)18)11-4-5-11/h1,11H,4-10H2,2H3,(H,15,17). The Bertz CT molecular complexity index is 414. The van der Waals surface area contributed by atoms with Crippen LogP contribution >= 0.6 is 11.8 Å². The van der Waals surface area contributed by atoms with Gasteiger partial charge in [0.2, 0.25) is 11.8 Å². The Hall–Kier alpha value is -1.15. The second kappa shape index (κ2) is 5.87. The van der Waals surface area contributed by atoms with E-state index in [4.69, 9.17) is 6.42 Å². The molecule has 0 aromatic rings. The van der Waals surface area contributed by atoms with Crippen LogP contribution in [0.5, 0.6) is 0 Å². The number of terminal acetylenes is 1. The third-order valence-electron chi connectivity index (χ3n) is 3.82. The molecule has 0 radical (unpaired) electrons. The van der Waals surface area contributed by atoms with Crippen LogP contribution < -0.4 is 5.32 Å². The van der Waals surface area contributed by atoms with E-state index in [1.54, 1.807) is 11.8 Å². The molecule has 4 nitrogen and oxygen atoms in total. The molecule has 5 heteroatoms. The Kier molecular flexibility index (Phi) is 4.41. The molecule has 1 atom stereocenters. The number of nitrogens with one attached hydrogen (secondary N) is 1. The molecule has 2 fully saturated rings. The van der Waals surface area contributed by atoms with Crippen LogP contribution in [-0.4, -0.2) is 46.8 Å². The minimum Gasteiger partial charge on any atom is -0.342 e. The molecule has 0 bridgehead atoms. The van der Waals surface area contributed by atoms with Crippen molar-refractivity contribution in [3.63, 3.8) is 0 Å². The van der Waals surface area contributed by atoms with Gasteiger partial charge in [-0.3, -0.25) is 9.59 Å². The summed E-state index contributed by atoms with van der Waals surface area (Å²) in [7, 11) is 0. The van der Waals surface area contributed by atoms with Crippen molar-refractivity contribution in [2.45, 2.75) is 31.7 Å². The largest absolute Gasteiger partial charge is 0.342 e. The fourth-order valence-corrected chi connectivity index (χ4v) is 3.14. The van der Waals surface area contributed by atoms with E-state index >= 15 is 0 Å². The van der Waals surface area contributed by atoms with Crippen LogP contribution in [0.2, 0.25) is 0 Å². The first-order chi connectivity index (χ1) is 9.08. The van der Waals surface area contributed by atoms with Gasteiger partial charge in [-0.1, -0.05) is 5.92 Å². The lowest BCUT2D eigenvalue weighted by atomic mass is 9.94. The van der Waals surface area contributed by atoms with Gasteiger partial charge in [-0.05, 0) is 25.7 Å². The normalized spacial score (nSPS) is 27.7. The molecule has 2 aliphatic rings. The molecule has 1 N–H and O–H groups in total. The molecule has 1 aliphatic heterocycles. The fourth-order valence-electron chi connectivity index (χ4n) is 2.53. The molecule has 0 aromatic heterocycles. The summed E-state index contributed by atoms with van der Waals surface area (Å²) in [5.74, 6) is 4.43. The molecular weight excluding hydrogens is 260 g/mol. The minimum absolute atomic E-state index is 0.0125. The van der Waals surface area contributed by atoms with Crippen LogP contribution in [0.25, 0.3) is 0 Å². The maximum atomic E-state index is 12.6. The first-order valence-electron chi connectivity index (χ1n) is 6.69. The number of hydrogen-bond donors (Lipinski definition) is 1. The maximum absolute atomic E-state index is 12.6. The summed E-state index contributed by atoms with van der Waals surface area (Å²) in [5.41, 5.74) is -0.690. The third-order valence-corrected chi connectivity index (χ3v) is 4.67. The summed E-state index contributed by atoms with van der Waals surface area (Å²) in [4.78, 5) is 26.2. The molecule has 104 valence electrons. The minimum atomic E-state index is -0.690. The summed E-state index contributed by atoms with van der Waals surface area (Å²) in [5, 5.41) is 2.93. The monoisotopic (exact) mass is 280 g/mol. The SMILES string of the molecule is C#CCSCCN1CCC(=O)NC(C)(C2CC2)C1=O. The van der Waals surface area contributed by atoms with Crippen molar-refractivity contribution in [2.24, 2.45) is 5.92 Å². The number of amides is 2. The lowest BCUT2D eigenvalue weighted by Gasteiger charge is -2.32. The second-order valence-corrected chi connectivity index (χ2v) is 6.43. The van der Waals surface area contributed by atoms with Crippen molar-refractivity contribution in [3.05, 3.63) is 0 Å². The van der Waals surface area contributed by atoms with Gasteiger partial charge in [0.1, 0.15) is 5.54 Å². The summed E-state index contributed by atoms with van der Waals surface area (Å²) >= 11 is 1.65. The van der Waals surface area contributed by atoms with Crippen LogP contribution in [-0.2, 0) is 9.59 Å². The van der Waals surface area contributed by atoms with Crippen molar-refractivity contribution in [1.82, 2.24) is 10.2 Å². The predicted molar refractivity (Wildman–Crippen MR) is 76.6 cm³/mol. The molecule has 19 heavy (non-hydrogen) atoms. The molecule has 0 aromatic carbocycles. The van der Waals surface area contributed by atoms with E-state index in [0.717, 1.165) is 18.6 Å². The number of carbonyl (C=O) groups is 2. The van der Waals surface area contributed by atoms with Crippen molar-refractivity contribution >= 4 is 23.6 Å². The van der Waals surface area contributed by atoms with E-state index in [9.17, 15) is 9.59 Å². The van der Waals surface area contributed by atoms with Gasteiger partial charge in [-0.25, -0.2) is 0 Å². The molecule has 1 unspecified atom stereocenters. The van der Waals surface area contributed by atoms with E-state index in [2.05, 4.69) is 11.2 Å². The number of rotatable bonds is 5. The topological polar surface area (TPSA) is 49.4 Å². The maximum Gasteiger partial charge on any atom is 0.248 e. The lowest BCUT2D eigenvalue weighted by molar-refractivity contribution is -0.138. The summed E-state index contributed by atoms with van der Waals surface area (Å²) in [6.07, 6.45) is 7.66. The van der Waals surface area contributed by atoms with Crippen molar-refractivity contribution in [1.29, 1.82) is 0 Å². The summed E-state index contributed by atoms with van der Waals surface area (Å²) in [6, 6.07) is 0. The molecule has 2 amide bonds. The Morgan fingerprint density at radius 1 is 1.53 bits per heavy atom. The van der Waals surface area contributed by atoms with E-state index in [-0.39, 0.29) is 11.8 Å². The average molecular weight is 280 g/mol. The number of carbonyl (C=O) groups excluding carboxylic acids is 2. The molecule has 1 heterocycles. The smallest absolute Gasteiger partial charge is 0.248 e. The van der Waals surface area contributed by atoms with Gasteiger partial charge in [0.25, 0.3) is 0 Å². The van der Waals surface area contributed by atoms with E-state index < -0.39 is 5.54 Å². The lowest BCUT2D eigenvalue weighted by Crippen LogP contribution is -2.57. The zero-order chi connectivity index (χ0) is 13.9. The number of thioether (sulfide) groups is 1. The zero-order valence-electron chi connectivity index (χ0n) is 11.3. The molecule has 1 aliphatic carbocycles.